The summed E-state index contributed by atoms with van der Waals surface area (Å²) < 4.78 is 18.9. The average molecular weight is 302 g/mol. The van der Waals surface area contributed by atoms with Crippen molar-refractivity contribution in [3.63, 3.8) is 0 Å². The zero-order valence-corrected chi connectivity index (χ0v) is 12.3. The van der Waals surface area contributed by atoms with E-state index >= 15 is 0 Å². The number of benzene rings is 1. The number of ether oxygens (including phenoxy) is 1. The molecule has 0 saturated carbocycles. The lowest BCUT2D eigenvalue weighted by molar-refractivity contribution is 0.193. The number of nitriles is 1. The van der Waals surface area contributed by atoms with E-state index in [9.17, 15) is 4.39 Å². The summed E-state index contributed by atoms with van der Waals surface area (Å²) in [7, 11) is 0. The molecule has 0 spiro atoms. The zero-order chi connectivity index (χ0) is 15.8. The van der Waals surface area contributed by atoms with Crippen LogP contribution in [0.25, 0.3) is 0 Å². The standard InChI is InChI=1S/C16H19FN4O/c17-15-9-12(10-18)1-2-13(15)11-22-16(19)5-8-21-14-3-6-20-7-4-14/h1-2,5,8-9,14,20H,3-4,6-7,11,19H2/b16-5+,21-8?. The molecule has 22 heavy (non-hydrogen) atoms. The van der Waals surface area contributed by atoms with Crippen molar-refractivity contribution in [3.05, 3.63) is 47.1 Å². The van der Waals surface area contributed by atoms with Crippen LogP contribution in [0.1, 0.15) is 24.0 Å². The van der Waals surface area contributed by atoms with Gasteiger partial charge in [-0.2, -0.15) is 5.26 Å². The maximum absolute atomic E-state index is 13.7. The first kappa shape index (κ1) is 16.0. The smallest absolute Gasteiger partial charge is 0.185 e. The van der Waals surface area contributed by atoms with Gasteiger partial charge in [0.1, 0.15) is 12.4 Å². The van der Waals surface area contributed by atoms with Gasteiger partial charge in [0, 0.05) is 17.9 Å². The highest BCUT2D eigenvalue weighted by atomic mass is 19.1. The highest BCUT2D eigenvalue weighted by molar-refractivity contribution is 5.71. The third kappa shape index (κ3) is 4.86. The minimum absolute atomic E-state index is 0.0149. The van der Waals surface area contributed by atoms with Crippen molar-refractivity contribution < 1.29 is 9.13 Å². The molecule has 1 aliphatic rings. The van der Waals surface area contributed by atoms with Gasteiger partial charge in [0.25, 0.3) is 0 Å². The van der Waals surface area contributed by atoms with E-state index in [2.05, 4.69) is 10.3 Å². The first-order chi connectivity index (χ1) is 10.7. The summed E-state index contributed by atoms with van der Waals surface area (Å²) in [4.78, 5) is 4.41. The largest absolute Gasteiger partial charge is 0.474 e. The second-order valence-corrected chi connectivity index (χ2v) is 5.06. The average Bonchev–Trinajstić information content (AvgIpc) is 2.54. The molecule has 0 radical (unpaired) electrons. The summed E-state index contributed by atoms with van der Waals surface area (Å²) in [5, 5.41) is 12.0. The molecule has 1 fully saturated rings. The zero-order valence-electron chi connectivity index (χ0n) is 12.3. The molecule has 0 atom stereocenters. The number of nitrogens with two attached hydrogens (primary N) is 1. The lowest BCUT2D eigenvalue weighted by Crippen LogP contribution is -2.29. The third-order valence-electron chi connectivity index (χ3n) is 3.42. The Balaban J connectivity index is 1.84. The van der Waals surface area contributed by atoms with Gasteiger partial charge < -0.3 is 15.8 Å². The van der Waals surface area contributed by atoms with Crippen molar-refractivity contribution in [1.82, 2.24) is 5.32 Å². The number of nitrogens with zero attached hydrogens (tertiary/aromatic N) is 2. The van der Waals surface area contributed by atoms with E-state index in [0.717, 1.165) is 25.9 Å². The minimum Gasteiger partial charge on any atom is -0.474 e. The molecule has 0 unspecified atom stereocenters. The Bertz CT molecular complexity index is 601. The van der Waals surface area contributed by atoms with Gasteiger partial charge in [0.2, 0.25) is 0 Å². The minimum atomic E-state index is -0.477. The highest BCUT2D eigenvalue weighted by Crippen LogP contribution is 2.12. The van der Waals surface area contributed by atoms with Crippen LogP contribution in [0.3, 0.4) is 0 Å². The van der Waals surface area contributed by atoms with Gasteiger partial charge in [-0.15, -0.1) is 0 Å². The predicted octanol–water partition coefficient (Wildman–Crippen LogP) is 1.84. The summed E-state index contributed by atoms with van der Waals surface area (Å²) in [6.07, 6.45) is 5.24. The molecule has 5 nitrogen and oxygen atoms in total. The van der Waals surface area contributed by atoms with Crippen molar-refractivity contribution >= 4 is 6.21 Å². The van der Waals surface area contributed by atoms with Crippen LogP contribution in [0, 0.1) is 17.1 Å². The maximum atomic E-state index is 13.7. The molecule has 6 heteroatoms. The van der Waals surface area contributed by atoms with Crippen molar-refractivity contribution in [3.8, 4) is 6.07 Å². The van der Waals surface area contributed by atoms with E-state index in [1.807, 2.05) is 6.07 Å². The Morgan fingerprint density at radius 2 is 2.27 bits per heavy atom. The van der Waals surface area contributed by atoms with Crippen LogP contribution in [-0.4, -0.2) is 25.3 Å². The second-order valence-electron chi connectivity index (χ2n) is 5.06. The number of allylic oxidation sites excluding steroid dienone is 1. The van der Waals surface area contributed by atoms with E-state index in [1.54, 1.807) is 18.4 Å². The summed E-state index contributed by atoms with van der Waals surface area (Å²) >= 11 is 0. The lowest BCUT2D eigenvalue weighted by atomic mass is 10.1. The molecule has 3 N–H and O–H groups in total. The molecule has 1 heterocycles. The second kappa shape index (κ2) is 8.15. The third-order valence-corrected chi connectivity index (χ3v) is 3.42. The molecule has 0 aromatic heterocycles. The number of aliphatic imine (C=N–C) groups is 1. The summed E-state index contributed by atoms with van der Waals surface area (Å²) in [5.74, 6) is -0.295. The van der Waals surface area contributed by atoms with E-state index < -0.39 is 5.82 Å². The molecule has 1 saturated heterocycles. The fraction of sp³-hybridized carbons (Fsp3) is 0.375. The van der Waals surface area contributed by atoms with E-state index in [1.165, 1.54) is 12.1 Å². The molecule has 1 aromatic rings. The van der Waals surface area contributed by atoms with Crippen LogP contribution in [0.5, 0.6) is 0 Å². The van der Waals surface area contributed by atoms with Gasteiger partial charge in [-0.3, -0.25) is 4.99 Å². The van der Waals surface area contributed by atoms with Crippen molar-refractivity contribution in [2.75, 3.05) is 13.1 Å². The summed E-state index contributed by atoms with van der Waals surface area (Å²) in [5.41, 5.74) is 6.33. The number of hydrogen-bond acceptors (Lipinski definition) is 5. The highest BCUT2D eigenvalue weighted by Gasteiger charge is 2.09. The van der Waals surface area contributed by atoms with E-state index in [-0.39, 0.29) is 18.1 Å². The van der Waals surface area contributed by atoms with Gasteiger partial charge >= 0.3 is 0 Å². The maximum Gasteiger partial charge on any atom is 0.185 e. The number of halogens is 1. The Labute approximate surface area is 129 Å². The fourth-order valence-electron chi connectivity index (χ4n) is 2.14. The Hall–Kier alpha value is -2.39. The SMILES string of the molecule is N#Cc1ccc(CO/C(N)=C/C=NC2CCNCC2)c(F)c1. The Kier molecular flexibility index (Phi) is 5.92. The quantitative estimate of drug-likeness (QED) is 0.642. The fourth-order valence-corrected chi connectivity index (χ4v) is 2.14. The molecule has 0 amide bonds. The Morgan fingerprint density at radius 1 is 1.50 bits per heavy atom. The first-order valence-corrected chi connectivity index (χ1v) is 7.20. The van der Waals surface area contributed by atoms with Crippen LogP contribution in [-0.2, 0) is 11.3 Å². The molecule has 2 rings (SSSR count). The normalized spacial score (nSPS) is 16.6. The Morgan fingerprint density at radius 3 is 2.95 bits per heavy atom. The van der Waals surface area contributed by atoms with Gasteiger partial charge in [-0.05, 0) is 38.1 Å². The number of nitrogens with one attached hydrogen (secondary N) is 1. The number of piperidine rings is 1. The van der Waals surface area contributed by atoms with Crippen LogP contribution >= 0.6 is 0 Å². The molecule has 1 aromatic carbocycles. The van der Waals surface area contributed by atoms with Crippen molar-refractivity contribution in [2.45, 2.75) is 25.5 Å². The lowest BCUT2D eigenvalue weighted by Gasteiger charge is -2.18. The molecule has 0 bridgehead atoms. The van der Waals surface area contributed by atoms with Crippen molar-refractivity contribution in [1.29, 1.82) is 5.26 Å². The van der Waals surface area contributed by atoms with E-state index in [0.29, 0.717) is 11.6 Å². The molecule has 116 valence electrons. The summed E-state index contributed by atoms with van der Waals surface area (Å²) in [6, 6.07) is 6.44. The molecular weight excluding hydrogens is 283 g/mol. The van der Waals surface area contributed by atoms with Crippen LogP contribution < -0.4 is 11.1 Å². The predicted molar refractivity (Wildman–Crippen MR) is 82.6 cm³/mol. The van der Waals surface area contributed by atoms with Crippen molar-refractivity contribution in [2.24, 2.45) is 10.7 Å². The van der Waals surface area contributed by atoms with Gasteiger partial charge in [0.05, 0.1) is 17.7 Å². The molecular formula is C16H19FN4O. The molecule has 0 aliphatic carbocycles. The van der Waals surface area contributed by atoms with E-state index in [4.69, 9.17) is 15.7 Å². The van der Waals surface area contributed by atoms with Gasteiger partial charge in [-0.1, -0.05) is 6.07 Å². The van der Waals surface area contributed by atoms with Crippen LogP contribution in [0.4, 0.5) is 4.39 Å². The van der Waals surface area contributed by atoms with Crippen LogP contribution in [0.15, 0.2) is 35.2 Å². The monoisotopic (exact) mass is 302 g/mol. The topological polar surface area (TPSA) is 83.4 Å². The van der Waals surface area contributed by atoms with Gasteiger partial charge in [-0.25, -0.2) is 4.39 Å². The van der Waals surface area contributed by atoms with Crippen LogP contribution in [0.2, 0.25) is 0 Å². The summed E-state index contributed by atoms with van der Waals surface area (Å²) in [6.45, 7) is 1.98. The van der Waals surface area contributed by atoms with Gasteiger partial charge in [0.15, 0.2) is 5.88 Å². The number of hydrogen-bond donors (Lipinski definition) is 2. The molecule has 1 aliphatic heterocycles. The first-order valence-electron chi connectivity index (χ1n) is 7.20. The number of rotatable bonds is 5.